The molecular weight excluding hydrogens is 455 g/mol. The fraction of sp³-hybridized carbons (Fsp3) is 0.269. The largest absolute Gasteiger partial charge is 0.372 e. The average Bonchev–Trinajstić information content (AvgIpc) is 2.84. The highest BCUT2D eigenvalue weighted by atomic mass is 32.2. The van der Waals surface area contributed by atoms with E-state index in [4.69, 9.17) is 4.74 Å². The van der Waals surface area contributed by atoms with Gasteiger partial charge in [-0.1, -0.05) is 54.6 Å². The molecule has 3 rings (SSSR count). The molecule has 3 aromatic carbocycles. The Morgan fingerprint density at radius 1 is 0.912 bits per heavy atom. The van der Waals surface area contributed by atoms with Crippen LogP contribution in [-0.4, -0.2) is 32.2 Å². The maximum absolute atomic E-state index is 13.0. The number of benzene rings is 3. The van der Waals surface area contributed by atoms with Crippen LogP contribution in [0.1, 0.15) is 29.5 Å². The van der Waals surface area contributed by atoms with Gasteiger partial charge in [0, 0.05) is 26.6 Å². The fourth-order valence-corrected chi connectivity index (χ4v) is 4.56. The summed E-state index contributed by atoms with van der Waals surface area (Å²) >= 11 is 0. The number of hydrogen-bond acceptors (Lipinski definition) is 4. The number of nitrogens with one attached hydrogen (secondary N) is 1. The number of sulfonamides is 1. The molecule has 6 nitrogen and oxygen atoms in total. The van der Waals surface area contributed by atoms with Crippen LogP contribution in [0.15, 0.2) is 83.8 Å². The Bertz CT molecular complexity index is 1170. The number of rotatable bonds is 12. The summed E-state index contributed by atoms with van der Waals surface area (Å²) in [6.07, 6.45) is 0.569. The molecule has 0 radical (unpaired) electrons. The van der Waals surface area contributed by atoms with E-state index in [0.29, 0.717) is 26.2 Å². The molecule has 0 aliphatic rings. The minimum absolute atomic E-state index is 0.0217. The molecule has 0 spiro atoms. The first-order chi connectivity index (χ1) is 16.3. The van der Waals surface area contributed by atoms with Crippen molar-refractivity contribution in [2.45, 2.75) is 37.5 Å². The third-order valence-corrected chi connectivity index (χ3v) is 7.13. The van der Waals surface area contributed by atoms with Gasteiger partial charge in [-0.15, -0.1) is 0 Å². The quantitative estimate of drug-likeness (QED) is 0.417. The Morgan fingerprint density at radius 2 is 1.56 bits per heavy atom. The van der Waals surface area contributed by atoms with Crippen LogP contribution in [0.2, 0.25) is 0 Å². The van der Waals surface area contributed by atoms with E-state index in [2.05, 4.69) is 5.32 Å². The van der Waals surface area contributed by atoms with Gasteiger partial charge in [0.05, 0.1) is 18.1 Å². The Morgan fingerprint density at radius 3 is 2.29 bits per heavy atom. The molecule has 0 heterocycles. The van der Waals surface area contributed by atoms with Crippen molar-refractivity contribution in [3.8, 4) is 0 Å². The summed E-state index contributed by atoms with van der Waals surface area (Å²) in [6, 6.07) is 22.5. The molecule has 0 unspecified atom stereocenters. The van der Waals surface area contributed by atoms with E-state index in [-0.39, 0.29) is 23.8 Å². The molecule has 0 aromatic heterocycles. The lowest BCUT2D eigenvalue weighted by atomic mass is 10.1. The average molecular weight is 485 g/mol. The van der Waals surface area contributed by atoms with Crippen LogP contribution in [0, 0.1) is 5.82 Å². The summed E-state index contributed by atoms with van der Waals surface area (Å²) in [5.41, 5.74) is 3.10. The molecule has 0 aliphatic heterocycles. The van der Waals surface area contributed by atoms with Crippen molar-refractivity contribution in [3.63, 3.8) is 0 Å². The van der Waals surface area contributed by atoms with Crippen LogP contribution in [0.25, 0.3) is 0 Å². The van der Waals surface area contributed by atoms with Crippen molar-refractivity contribution in [2.24, 2.45) is 0 Å². The standard InChI is InChI=1S/C26H29FN2O4S/c1-29(34(31,32)25-14-12-24(27)13-15-25)16-6-11-26(30)28-18-22-9-5-10-23(17-22)20-33-19-21-7-3-2-4-8-21/h2-5,7-10,12-15,17H,6,11,16,18-20H2,1H3,(H,28,30). The summed E-state index contributed by atoms with van der Waals surface area (Å²) < 4.78 is 45.0. The van der Waals surface area contributed by atoms with Crippen molar-refractivity contribution in [1.82, 2.24) is 9.62 Å². The lowest BCUT2D eigenvalue weighted by molar-refractivity contribution is -0.121. The van der Waals surface area contributed by atoms with E-state index in [1.54, 1.807) is 0 Å². The molecular formula is C26H29FN2O4S. The summed E-state index contributed by atoms with van der Waals surface area (Å²) in [5.74, 6) is -0.651. The first kappa shape index (κ1) is 25.6. The van der Waals surface area contributed by atoms with Gasteiger partial charge < -0.3 is 10.1 Å². The van der Waals surface area contributed by atoms with Crippen molar-refractivity contribution in [1.29, 1.82) is 0 Å². The van der Waals surface area contributed by atoms with Gasteiger partial charge >= 0.3 is 0 Å². The molecule has 0 atom stereocenters. The summed E-state index contributed by atoms with van der Waals surface area (Å²) in [7, 11) is -2.27. The van der Waals surface area contributed by atoms with Crippen LogP contribution in [0.3, 0.4) is 0 Å². The predicted molar refractivity (Wildman–Crippen MR) is 129 cm³/mol. The zero-order valence-corrected chi connectivity index (χ0v) is 19.9. The maximum atomic E-state index is 13.0. The maximum Gasteiger partial charge on any atom is 0.242 e. The molecule has 180 valence electrons. The van der Waals surface area contributed by atoms with E-state index in [0.717, 1.165) is 28.8 Å². The predicted octanol–water partition coefficient (Wildman–Crippen LogP) is 4.26. The van der Waals surface area contributed by atoms with Gasteiger partial charge in [0.1, 0.15) is 5.82 Å². The second kappa shape index (κ2) is 12.4. The van der Waals surface area contributed by atoms with Crippen LogP contribution in [-0.2, 0) is 39.3 Å². The molecule has 34 heavy (non-hydrogen) atoms. The molecule has 3 aromatic rings. The van der Waals surface area contributed by atoms with Gasteiger partial charge in [0.15, 0.2) is 0 Å². The lowest BCUT2D eigenvalue weighted by Gasteiger charge is -2.17. The normalized spacial score (nSPS) is 11.5. The van der Waals surface area contributed by atoms with Gasteiger partial charge in [-0.2, -0.15) is 0 Å². The van der Waals surface area contributed by atoms with E-state index in [1.807, 2.05) is 54.6 Å². The summed E-state index contributed by atoms with van der Waals surface area (Å²) in [5, 5.41) is 2.87. The molecule has 0 aliphatic carbocycles. The van der Waals surface area contributed by atoms with Crippen molar-refractivity contribution in [3.05, 3.63) is 101 Å². The third-order valence-electron chi connectivity index (χ3n) is 5.26. The molecule has 1 amide bonds. The zero-order valence-electron chi connectivity index (χ0n) is 19.1. The van der Waals surface area contributed by atoms with Gasteiger partial charge in [-0.3, -0.25) is 4.79 Å². The van der Waals surface area contributed by atoms with E-state index in [1.165, 1.54) is 23.5 Å². The highest BCUT2D eigenvalue weighted by Crippen LogP contribution is 2.15. The molecule has 0 bridgehead atoms. The van der Waals surface area contributed by atoms with Gasteiger partial charge in [0.2, 0.25) is 15.9 Å². The number of halogens is 1. The second-order valence-electron chi connectivity index (χ2n) is 7.96. The summed E-state index contributed by atoms with van der Waals surface area (Å²) in [6.45, 7) is 1.58. The Kier molecular flexibility index (Phi) is 9.33. The molecule has 8 heteroatoms. The minimum atomic E-state index is -3.72. The van der Waals surface area contributed by atoms with Crippen molar-refractivity contribution < 1.29 is 22.3 Å². The van der Waals surface area contributed by atoms with Crippen LogP contribution in [0.4, 0.5) is 4.39 Å². The van der Waals surface area contributed by atoms with Gasteiger partial charge in [-0.25, -0.2) is 17.1 Å². The topological polar surface area (TPSA) is 75.7 Å². The number of hydrogen-bond donors (Lipinski definition) is 1. The Labute approximate surface area is 200 Å². The van der Waals surface area contributed by atoms with E-state index in [9.17, 15) is 17.6 Å². The highest BCUT2D eigenvalue weighted by Gasteiger charge is 2.20. The zero-order chi connectivity index (χ0) is 24.4. The molecule has 0 saturated heterocycles. The van der Waals surface area contributed by atoms with Crippen molar-refractivity contribution >= 4 is 15.9 Å². The third kappa shape index (κ3) is 7.76. The highest BCUT2D eigenvalue weighted by molar-refractivity contribution is 7.89. The smallest absolute Gasteiger partial charge is 0.242 e. The number of nitrogens with zero attached hydrogens (tertiary/aromatic N) is 1. The van der Waals surface area contributed by atoms with Crippen LogP contribution >= 0.6 is 0 Å². The van der Waals surface area contributed by atoms with Crippen LogP contribution < -0.4 is 5.32 Å². The molecule has 0 fully saturated rings. The number of carbonyl (C=O) groups excluding carboxylic acids is 1. The molecule has 1 N–H and O–H groups in total. The first-order valence-corrected chi connectivity index (χ1v) is 12.5. The van der Waals surface area contributed by atoms with Crippen molar-refractivity contribution in [2.75, 3.05) is 13.6 Å². The minimum Gasteiger partial charge on any atom is -0.372 e. The van der Waals surface area contributed by atoms with Gasteiger partial charge in [-0.05, 0) is 47.4 Å². The number of ether oxygens (including phenoxy) is 1. The SMILES string of the molecule is CN(CCCC(=O)NCc1cccc(COCc2ccccc2)c1)S(=O)(=O)c1ccc(F)cc1. The van der Waals surface area contributed by atoms with E-state index >= 15 is 0 Å². The summed E-state index contributed by atoms with van der Waals surface area (Å²) in [4.78, 5) is 12.2. The van der Waals surface area contributed by atoms with Gasteiger partial charge in [0.25, 0.3) is 0 Å². The Balaban J connectivity index is 1.39. The van der Waals surface area contributed by atoms with Crippen LogP contribution in [0.5, 0.6) is 0 Å². The number of carbonyl (C=O) groups is 1. The number of amides is 1. The second-order valence-corrected chi connectivity index (χ2v) is 10.0. The first-order valence-electron chi connectivity index (χ1n) is 11.0. The van der Waals surface area contributed by atoms with E-state index < -0.39 is 15.8 Å². The Hall–Kier alpha value is -3.07. The monoisotopic (exact) mass is 484 g/mol. The molecule has 0 saturated carbocycles. The fourth-order valence-electron chi connectivity index (χ4n) is 3.35. The lowest BCUT2D eigenvalue weighted by Crippen LogP contribution is -2.29.